The van der Waals surface area contributed by atoms with Gasteiger partial charge >= 0.3 is 0 Å². The van der Waals surface area contributed by atoms with Crippen molar-refractivity contribution in [3.05, 3.63) is 75.6 Å². The normalized spacial score (nSPS) is 19.7. The number of carbonyl (C=O) groups is 1. The van der Waals surface area contributed by atoms with Crippen molar-refractivity contribution < 1.29 is 18.7 Å². The lowest BCUT2D eigenvalue weighted by Crippen LogP contribution is -2.36. The van der Waals surface area contributed by atoms with Crippen LogP contribution in [0.25, 0.3) is 11.0 Å². The van der Waals surface area contributed by atoms with Crippen molar-refractivity contribution in [1.29, 1.82) is 0 Å². The van der Waals surface area contributed by atoms with E-state index in [1.807, 2.05) is 30.3 Å². The lowest BCUT2D eigenvalue weighted by atomic mass is 9.98. The van der Waals surface area contributed by atoms with Gasteiger partial charge in [-0.1, -0.05) is 50.5 Å². The minimum absolute atomic E-state index is 0.0315. The summed E-state index contributed by atoms with van der Waals surface area (Å²) in [5.41, 5.74) is 1.56. The smallest absolute Gasteiger partial charge is 0.291 e. The Bertz CT molecular complexity index is 1210. The van der Waals surface area contributed by atoms with Crippen molar-refractivity contribution in [3.8, 4) is 5.75 Å². The van der Waals surface area contributed by atoms with E-state index in [1.54, 1.807) is 23.1 Å². The number of benzene rings is 2. The maximum absolute atomic E-state index is 13.5. The first-order valence-electron chi connectivity index (χ1n) is 12.4. The van der Waals surface area contributed by atoms with Crippen molar-refractivity contribution in [2.75, 3.05) is 19.8 Å². The van der Waals surface area contributed by atoms with Crippen LogP contribution < -0.4 is 10.2 Å². The predicted octanol–water partition coefficient (Wildman–Crippen LogP) is 5.48. The number of amides is 1. The Morgan fingerprint density at radius 3 is 2.62 bits per heavy atom. The third kappa shape index (κ3) is 4.34. The molecule has 3 aromatic rings. The predicted molar refractivity (Wildman–Crippen MR) is 130 cm³/mol. The molecule has 0 N–H and O–H groups in total. The van der Waals surface area contributed by atoms with E-state index >= 15 is 0 Å². The number of fused-ring (bicyclic) bond motifs is 2. The number of para-hydroxylation sites is 1. The Morgan fingerprint density at radius 2 is 1.85 bits per heavy atom. The number of rotatable bonds is 9. The standard InChI is InChI=1S/C28H31NO5/c1-2-3-4-7-16-32-20-14-12-19(13-15-20)25-24-26(30)22-10-5-6-11-23(22)34-27(24)28(31)29(25)18-21-9-8-17-33-21/h5-6,10-15,21,25H,2-4,7-9,16-18H2,1H3/t21-,25+/m0/s1. The highest BCUT2D eigenvalue weighted by Crippen LogP contribution is 2.39. The van der Waals surface area contributed by atoms with Crippen LogP contribution in [0.4, 0.5) is 0 Å². The molecule has 0 saturated carbocycles. The number of unbranched alkanes of at least 4 members (excludes halogenated alkanes) is 3. The van der Waals surface area contributed by atoms with Gasteiger partial charge < -0.3 is 18.8 Å². The lowest BCUT2D eigenvalue weighted by Gasteiger charge is -2.27. The molecule has 0 bridgehead atoms. The summed E-state index contributed by atoms with van der Waals surface area (Å²) in [5, 5.41) is 0.491. The molecule has 2 aromatic carbocycles. The Hall–Kier alpha value is -3.12. The molecule has 34 heavy (non-hydrogen) atoms. The fraction of sp³-hybridized carbons (Fsp3) is 0.429. The summed E-state index contributed by atoms with van der Waals surface area (Å²) in [7, 11) is 0. The van der Waals surface area contributed by atoms with Gasteiger partial charge in [-0.2, -0.15) is 0 Å². The molecule has 2 aliphatic rings. The Balaban J connectivity index is 1.47. The van der Waals surface area contributed by atoms with E-state index in [9.17, 15) is 9.59 Å². The third-order valence-electron chi connectivity index (χ3n) is 6.76. The van der Waals surface area contributed by atoms with Crippen LogP contribution in [-0.4, -0.2) is 36.7 Å². The van der Waals surface area contributed by atoms with Crippen LogP contribution in [0.15, 0.2) is 57.7 Å². The van der Waals surface area contributed by atoms with E-state index in [1.165, 1.54) is 12.8 Å². The van der Waals surface area contributed by atoms with Gasteiger partial charge in [0.1, 0.15) is 11.3 Å². The first-order chi connectivity index (χ1) is 16.7. The Labute approximate surface area is 199 Å². The first kappa shape index (κ1) is 22.7. The quantitative estimate of drug-likeness (QED) is 0.395. The van der Waals surface area contributed by atoms with E-state index in [4.69, 9.17) is 13.9 Å². The number of nitrogens with zero attached hydrogens (tertiary/aromatic N) is 1. The highest BCUT2D eigenvalue weighted by Gasteiger charge is 2.43. The summed E-state index contributed by atoms with van der Waals surface area (Å²) in [5.74, 6) is 0.679. The average molecular weight is 462 g/mol. The zero-order valence-corrected chi connectivity index (χ0v) is 19.6. The second-order valence-corrected chi connectivity index (χ2v) is 9.14. The molecule has 0 aliphatic carbocycles. The molecular weight excluding hydrogens is 430 g/mol. The summed E-state index contributed by atoms with van der Waals surface area (Å²) in [6, 6.07) is 14.3. The number of carbonyl (C=O) groups excluding carboxylic acids is 1. The van der Waals surface area contributed by atoms with Crippen molar-refractivity contribution in [3.63, 3.8) is 0 Å². The van der Waals surface area contributed by atoms with E-state index < -0.39 is 6.04 Å². The van der Waals surface area contributed by atoms with Crippen LogP contribution in [0.1, 0.15) is 73.2 Å². The van der Waals surface area contributed by atoms with Crippen LogP contribution in [0.2, 0.25) is 0 Å². The molecule has 0 unspecified atom stereocenters. The van der Waals surface area contributed by atoms with Crippen LogP contribution in [0, 0.1) is 0 Å². The molecule has 2 atom stereocenters. The van der Waals surface area contributed by atoms with E-state index in [0.717, 1.165) is 37.0 Å². The molecule has 5 rings (SSSR count). The van der Waals surface area contributed by atoms with Crippen molar-refractivity contribution >= 4 is 16.9 Å². The molecule has 0 radical (unpaired) electrons. The highest BCUT2D eigenvalue weighted by molar-refractivity contribution is 5.99. The summed E-state index contributed by atoms with van der Waals surface area (Å²) in [6.07, 6.45) is 6.46. The summed E-state index contributed by atoms with van der Waals surface area (Å²) in [4.78, 5) is 28.7. The van der Waals surface area contributed by atoms with Gasteiger partial charge in [0.15, 0.2) is 5.43 Å². The maximum Gasteiger partial charge on any atom is 0.291 e. The summed E-state index contributed by atoms with van der Waals surface area (Å²) in [6.45, 7) is 4.01. The molecular formula is C28H31NO5. The second-order valence-electron chi connectivity index (χ2n) is 9.14. The van der Waals surface area contributed by atoms with Crippen molar-refractivity contribution in [2.45, 2.75) is 57.6 Å². The Kier molecular flexibility index (Phi) is 6.68. The van der Waals surface area contributed by atoms with Crippen LogP contribution in [0.5, 0.6) is 5.75 Å². The van der Waals surface area contributed by atoms with Gasteiger partial charge in [0.25, 0.3) is 5.91 Å². The van der Waals surface area contributed by atoms with E-state index in [0.29, 0.717) is 36.3 Å². The van der Waals surface area contributed by atoms with Crippen molar-refractivity contribution in [2.24, 2.45) is 0 Å². The molecule has 1 fully saturated rings. The van der Waals surface area contributed by atoms with Crippen molar-refractivity contribution in [1.82, 2.24) is 4.90 Å². The SMILES string of the molecule is CCCCCCOc1ccc([C@@H]2c3c(oc4ccccc4c3=O)C(=O)N2C[C@@H]2CCCO2)cc1. The van der Waals surface area contributed by atoms with E-state index in [-0.39, 0.29) is 23.2 Å². The van der Waals surface area contributed by atoms with Gasteiger partial charge in [0, 0.05) is 13.2 Å². The van der Waals surface area contributed by atoms with Gasteiger partial charge in [0.05, 0.1) is 29.7 Å². The topological polar surface area (TPSA) is 69.0 Å². The molecule has 3 heterocycles. The highest BCUT2D eigenvalue weighted by atomic mass is 16.5. The largest absolute Gasteiger partial charge is 0.494 e. The summed E-state index contributed by atoms with van der Waals surface area (Å²) >= 11 is 0. The first-order valence-corrected chi connectivity index (χ1v) is 12.4. The zero-order valence-electron chi connectivity index (χ0n) is 19.6. The lowest BCUT2D eigenvalue weighted by molar-refractivity contribution is 0.0486. The van der Waals surface area contributed by atoms with E-state index in [2.05, 4.69) is 6.92 Å². The maximum atomic E-state index is 13.5. The fourth-order valence-electron chi connectivity index (χ4n) is 4.97. The summed E-state index contributed by atoms with van der Waals surface area (Å²) < 4.78 is 17.7. The fourth-order valence-corrected chi connectivity index (χ4v) is 4.97. The second kappa shape index (κ2) is 10.0. The average Bonchev–Trinajstić information content (AvgIpc) is 3.47. The molecule has 1 saturated heterocycles. The minimum Gasteiger partial charge on any atom is -0.494 e. The third-order valence-corrected chi connectivity index (χ3v) is 6.76. The zero-order chi connectivity index (χ0) is 23.5. The molecule has 6 nitrogen and oxygen atoms in total. The van der Waals surface area contributed by atoms with Gasteiger partial charge in [-0.25, -0.2) is 0 Å². The number of ether oxygens (including phenoxy) is 2. The molecule has 0 spiro atoms. The molecule has 1 amide bonds. The van der Waals surface area contributed by atoms with Crippen LogP contribution >= 0.6 is 0 Å². The molecule has 2 aliphatic heterocycles. The van der Waals surface area contributed by atoms with Gasteiger partial charge in [-0.15, -0.1) is 0 Å². The molecule has 178 valence electrons. The minimum atomic E-state index is -0.508. The van der Waals surface area contributed by atoms with Gasteiger partial charge in [-0.3, -0.25) is 9.59 Å². The number of hydrogen-bond donors (Lipinski definition) is 0. The van der Waals surface area contributed by atoms with Crippen LogP contribution in [-0.2, 0) is 4.74 Å². The Morgan fingerprint density at radius 1 is 1.03 bits per heavy atom. The van der Waals surface area contributed by atoms with Gasteiger partial charge in [-0.05, 0) is 49.1 Å². The van der Waals surface area contributed by atoms with Crippen LogP contribution in [0.3, 0.4) is 0 Å². The monoisotopic (exact) mass is 461 g/mol. The molecule has 1 aromatic heterocycles. The van der Waals surface area contributed by atoms with Gasteiger partial charge in [0.2, 0.25) is 5.76 Å². The number of hydrogen-bond acceptors (Lipinski definition) is 5. The molecule has 6 heteroatoms.